The molecular weight excluding hydrogens is 235 g/mol. The molecule has 0 saturated heterocycles. The zero-order valence-corrected chi connectivity index (χ0v) is 9.93. The smallest absolute Gasteiger partial charge is 0.306 e. The van der Waals surface area contributed by atoms with Gasteiger partial charge in [0.1, 0.15) is 5.82 Å². The Morgan fingerprint density at radius 2 is 1.72 bits per heavy atom. The van der Waals surface area contributed by atoms with E-state index in [1.54, 1.807) is 0 Å². The molecule has 0 radical (unpaired) electrons. The third kappa shape index (κ3) is 2.75. The van der Waals surface area contributed by atoms with Crippen LogP contribution in [0.2, 0.25) is 0 Å². The number of halogens is 1. The van der Waals surface area contributed by atoms with Crippen molar-refractivity contribution in [2.24, 2.45) is 11.8 Å². The first kappa shape index (κ1) is 12.7. The summed E-state index contributed by atoms with van der Waals surface area (Å²) in [6.45, 7) is 0. The van der Waals surface area contributed by atoms with Gasteiger partial charge in [-0.25, -0.2) is 4.39 Å². The van der Waals surface area contributed by atoms with Crippen LogP contribution in [0.5, 0.6) is 0 Å². The highest BCUT2D eigenvalue weighted by atomic mass is 19.1. The molecule has 1 fully saturated rings. The first-order valence-corrected chi connectivity index (χ1v) is 6.10. The van der Waals surface area contributed by atoms with Crippen LogP contribution in [-0.2, 0) is 4.79 Å². The Morgan fingerprint density at radius 3 is 2.33 bits per heavy atom. The third-order valence-corrected chi connectivity index (χ3v) is 3.52. The summed E-state index contributed by atoms with van der Waals surface area (Å²) in [5.74, 6) is -1.94. The van der Waals surface area contributed by atoms with Gasteiger partial charge >= 0.3 is 5.97 Å². The summed E-state index contributed by atoms with van der Waals surface area (Å²) in [5, 5.41) is 8.98. The summed E-state index contributed by atoms with van der Waals surface area (Å²) in [7, 11) is 0. The van der Waals surface area contributed by atoms with Crippen molar-refractivity contribution in [3.05, 3.63) is 35.6 Å². The monoisotopic (exact) mass is 250 g/mol. The van der Waals surface area contributed by atoms with Gasteiger partial charge in [-0.1, -0.05) is 6.42 Å². The summed E-state index contributed by atoms with van der Waals surface area (Å²) in [6, 6.07) is 5.43. The number of ketones is 1. The molecule has 18 heavy (non-hydrogen) atoms. The van der Waals surface area contributed by atoms with Gasteiger partial charge in [0.2, 0.25) is 0 Å². The van der Waals surface area contributed by atoms with E-state index >= 15 is 0 Å². The van der Waals surface area contributed by atoms with Gasteiger partial charge in [0.15, 0.2) is 5.78 Å². The van der Waals surface area contributed by atoms with E-state index < -0.39 is 11.9 Å². The van der Waals surface area contributed by atoms with Gasteiger partial charge in [-0.3, -0.25) is 9.59 Å². The number of benzene rings is 1. The fraction of sp³-hybridized carbons (Fsp3) is 0.429. The molecule has 1 aliphatic rings. The van der Waals surface area contributed by atoms with Crippen LogP contribution in [-0.4, -0.2) is 16.9 Å². The van der Waals surface area contributed by atoms with Gasteiger partial charge in [-0.15, -0.1) is 0 Å². The summed E-state index contributed by atoms with van der Waals surface area (Å²) in [6.07, 6.45) is 2.52. The van der Waals surface area contributed by atoms with Crippen molar-refractivity contribution in [3.8, 4) is 0 Å². The minimum atomic E-state index is -0.827. The molecule has 2 atom stereocenters. The van der Waals surface area contributed by atoms with E-state index in [2.05, 4.69) is 0 Å². The molecule has 4 heteroatoms. The second-order valence-electron chi connectivity index (χ2n) is 4.77. The fourth-order valence-electron chi connectivity index (χ4n) is 2.50. The molecule has 0 bridgehead atoms. The van der Waals surface area contributed by atoms with E-state index in [0.29, 0.717) is 18.4 Å². The van der Waals surface area contributed by atoms with E-state index in [0.717, 1.165) is 12.8 Å². The van der Waals surface area contributed by atoms with Gasteiger partial charge < -0.3 is 5.11 Å². The number of rotatable bonds is 3. The van der Waals surface area contributed by atoms with Gasteiger partial charge in [-0.2, -0.15) is 0 Å². The maximum Gasteiger partial charge on any atom is 0.306 e. The molecule has 1 N–H and O–H groups in total. The lowest BCUT2D eigenvalue weighted by molar-refractivity contribution is -0.143. The zero-order valence-electron chi connectivity index (χ0n) is 9.93. The highest BCUT2D eigenvalue weighted by Gasteiger charge is 2.31. The van der Waals surface area contributed by atoms with Crippen LogP contribution >= 0.6 is 0 Å². The first-order chi connectivity index (χ1) is 8.58. The predicted octanol–water partition coefficient (Wildman–Crippen LogP) is 2.90. The topological polar surface area (TPSA) is 54.4 Å². The van der Waals surface area contributed by atoms with Crippen LogP contribution in [0.25, 0.3) is 0 Å². The lowest BCUT2D eigenvalue weighted by Crippen LogP contribution is -2.27. The molecule has 2 rings (SSSR count). The van der Waals surface area contributed by atoms with Crippen molar-refractivity contribution in [2.75, 3.05) is 0 Å². The Labute approximate surface area is 105 Å². The van der Waals surface area contributed by atoms with Gasteiger partial charge in [-0.05, 0) is 43.5 Å². The predicted molar refractivity (Wildman–Crippen MR) is 63.8 cm³/mol. The number of carbonyl (C=O) groups excluding carboxylic acids is 1. The molecule has 1 aromatic rings. The van der Waals surface area contributed by atoms with Crippen molar-refractivity contribution < 1.29 is 19.1 Å². The summed E-state index contributed by atoms with van der Waals surface area (Å²) in [4.78, 5) is 23.1. The number of hydrogen-bond donors (Lipinski definition) is 1. The molecule has 0 aromatic heterocycles. The second-order valence-corrected chi connectivity index (χ2v) is 4.77. The number of carbonyl (C=O) groups is 2. The molecule has 1 saturated carbocycles. The zero-order chi connectivity index (χ0) is 13.1. The van der Waals surface area contributed by atoms with Crippen LogP contribution in [0, 0.1) is 17.7 Å². The normalized spacial score (nSPS) is 23.6. The van der Waals surface area contributed by atoms with Crippen molar-refractivity contribution >= 4 is 11.8 Å². The molecule has 0 aliphatic heterocycles. The van der Waals surface area contributed by atoms with E-state index in [9.17, 15) is 14.0 Å². The molecule has 0 unspecified atom stereocenters. The molecule has 0 amide bonds. The van der Waals surface area contributed by atoms with Crippen LogP contribution in [0.4, 0.5) is 4.39 Å². The Kier molecular flexibility index (Phi) is 3.75. The van der Waals surface area contributed by atoms with Crippen molar-refractivity contribution in [3.63, 3.8) is 0 Å². The summed E-state index contributed by atoms with van der Waals surface area (Å²) < 4.78 is 12.8. The Hall–Kier alpha value is -1.71. The van der Waals surface area contributed by atoms with E-state index in [1.807, 2.05) is 0 Å². The maximum atomic E-state index is 12.8. The summed E-state index contributed by atoms with van der Waals surface area (Å²) >= 11 is 0. The third-order valence-electron chi connectivity index (χ3n) is 3.52. The average molecular weight is 250 g/mol. The maximum absolute atomic E-state index is 12.8. The van der Waals surface area contributed by atoms with Crippen LogP contribution < -0.4 is 0 Å². The minimum absolute atomic E-state index is 0.0686. The van der Waals surface area contributed by atoms with Crippen LogP contribution in [0.3, 0.4) is 0 Å². The highest BCUT2D eigenvalue weighted by molar-refractivity contribution is 5.98. The SMILES string of the molecule is O=C(O)[C@@H]1CCC[C@H](C(=O)c2ccc(F)cc2)C1. The Morgan fingerprint density at radius 1 is 1.11 bits per heavy atom. The molecule has 1 aliphatic carbocycles. The number of aliphatic carboxylic acids is 1. The number of carboxylic acids is 1. The molecule has 1 aromatic carbocycles. The average Bonchev–Trinajstić information content (AvgIpc) is 2.39. The lowest BCUT2D eigenvalue weighted by atomic mass is 9.78. The van der Waals surface area contributed by atoms with Crippen molar-refractivity contribution in [2.45, 2.75) is 25.7 Å². The molecule has 3 nitrogen and oxygen atoms in total. The number of Topliss-reactive ketones (excluding diaryl/α,β-unsaturated/α-hetero) is 1. The van der Waals surface area contributed by atoms with Gasteiger partial charge in [0, 0.05) is 11.5 Å². The van der Waals surface area contributed by atoms with Crippen LogP contribution in [0.1, 0.15) is 36.0 Å². The fourth-order valence-corrected chi connectivity index (χ4v) is 2.50. The number of carboxylic acid groups (broad SMARTS) is 1. The molecule has 96 valence electrons. The van der Waals surface area contributed by atoms with E-state index in [1.165, 1.54) is 24.3 Å². The Balaban J connectivity index is 2.09. The quantitative estimate of drug-likeness (QED) is 0.839. The Bertz CT molecular complexity index is 453. The lowest BCUT2D eigenvalue weighted by Gasteiger charge is -2.25. The van der Waals surface area contributed by atoms with Gasteiger partial charge in [0.05, 0.1) is 5.92 Å². The molecular formula is C14H15FO3. The minimum Gasteiger partial charge on any atom is -0.481 e. The van der Waals surface area contributed by atoms with Gasteiger partial charge in [0.25, 0.3) is 0 Å². The first-order valence-electron chi connectivity index (χ1n) is 6.10. The highest BCUT2D eigenvalue weighted by Crippen LogP contribution is 2.31. The van der Waals surface area contributed by atoms with Crippen LogP contribution in [0.15, 0.2) is 24.3 Å². The van der Waals surface area contributed by atoms with E-state index in [4.69, 9.17) is 5.11 Å². The van der Waals surface area contributed by atoms with Crippen molar-refractivity contribution in [1.29, 1.82) is 0 Å². The number of hydrogen-bond acceptors (Lipinski definition) is 2. The molecule has 0 heterocycles. The van der Waals surface area contributed by atoms with E-state index in [-0.39, 0.29) is 17.5 Å². The van der Waals surface area contributed by atoms with Crippen molar-refractivity contribution in [1.82, 2.24) is 0 Å². The standard InChI is InChI=1S/C14H15FO3/c15-12-6-4-9(5-7-12)13(16)10-2-1-3-11(8-10)14(17)18/h4-7,10-11H,1-3,8H2,(H,17,18)/t10-,11+/m0/s1. The largest absolute Gasteiger partial charge is 0.481 e. The second kappa shape index (κ2) is 5.29. The summed E-state index contributed by atoms with van der Waals surface area (Å²) in [5.41, 5.74) is 0.465. The molecule has 0 spiro atoms.